The van der Waals surface area contributed by atoms with E-state index in [1.54, 1.807) is 4.90 Å². The highest BCUT2D eigenvalue weighted by Crippen LogP contribution is 2.32. The van der Waals surface area contributed by atoms with Gasteiger partial charge < -0.3 is 20.7 Å². The molecule has 0 spiro atoms. The van der Waals surface area contributed by atoms with E-state index >= 15 is 0 Å². The number of hydrogen-bond acceptors (Lipinski definition) is 5. The van der Waals surface area contributed by atoms with Gasteiger partial charge in [-0.25, -0.2) is 0 Å². The fourth-order valence-electron chi connectivity index (χ4n) is 3.66. The number of nitrogens with zero attached hydrogens (tertiary/aromatic N) is 1. The van der Waals surface area contributed by atoms with Crippen molar-refractivity contribution in [2.45, 2.75) is 31.7 Å². The molecule has 0 aliphatic carbocycles. The van der Waals surface area contributed by atoms with Crippen molar-refractivity contribution in [2.24, 2.45) is 5.73 Å². The second kappa shape index (κ2) is 9.45. The number of carbonyl (C=O) groups excluding carboxylic acids is 2. The number of carbonyl (C=O) groups is 2. The molecule has 2 unspecified atom stereocenters. The van der Waals surface area contributed by atoms with Crippen LogP contribution in [0.4, 0.5) is 11.4 Å². The van der Waals surface area contributed by atoms with Gasteiger partial charge >= 0.3 is 5.97 Å². The standard InChI is InChI=1S/C25H25N3O3/c26-24(25(30)31-17-19-11-5-2-6-12-19)21-15-23(29)28(16-18-9-3-1-4-10-18)22-14-8-7-13-20(22)27-21/h1-14,21,24,27H,15-17,26H2. The van der Waals surface area contributed by atoms with Crippen LogP contribution in [-0.4, -0.2) is 24.0 Å². The van der Waals surface area contributed by atoms with Gasteiger partial charge in [0, 0.05) is 6.42 Å². The van der Waals surface area contributed by atoms with Crippen molar-refractivity contribution in [3.05, 3.63) is 96.1 Å². The summed E-state index contributed by atoms with van der Waals surface area (Å²) in [5.41, 5.74) is 9.67. The van der Waals surface area contributed by atoms with Gasteiger partial charge in [0.15, 0.2) is 0 Å². The van der Waals surface area contributed by atoms with Gasteiger partial charge in [-0.1, -0.05) is 72.8 Å². The Morgan fingerprint density at radius 2 is 1.58 bits per heavy atom. The third kappa shape index (κ3) is 4.92. The second-order valence-electron chi connectivity index (χ2n) is 7.56. The summed E-state index contributed by atoms with van der Waals surface area (Å²) in [7, 11) is 0. The van der Waals surface area contributed by atoms with Gasteiger partial charge in [-0.2, -0.15) is 0 Å². The molecule has 0 radical (unpaired) electrons. The zero-order valence-electron chi connectivity index (χ0n) is 17.1. The van der Waals surface area contributed by atoms with Crippen molar-refractivity contribution in [1.29, 1.82) is 0 Å². The molecule has 1 aliphatic rings. The van der Waals surface area contributed by atoms with Gasteiger partial charge in [0.25, 0.3) is 0 Å². The highest BCUT2D eigenvalue weighted by Gasteiger charge is 2.34. The Morgan fingerprint density at radius 1 is 0.968 bits per heavy atom. The minimum Gasteiger partial charge on any atom is -0.460 e. The Balaban J connectivity index is 1.51. The van der Waals surface area contributed by atoms with E-state index in [1.165, 1.54) is 0 Å². The van der Waals surface area contributed by atoms with Crippen molar-refractivity contribution in [3.63, 3.8) is 0 Å². The van der Waals surface area contributed by atoms with E-state index in [1.807, 2.05) is 84.9 Å². The lowest BCUT2D eigenvalue weighted by atomic mass is 10.0. The molecule has 3 aromatic carbocycles. The molecule has 3 aromatic rings. The number of nitrogens with one attached hydrogen (secondary N) is 1. The average molecular weight is 415 g/mol. The van der Waals surface area contributed by atoms with Crippen LogP contribution in [0.1, 0.15) is 17.5 Å². The first kappa shape index (κ1) is 20.6. The molecule has 158 valence electrons. The molecule has 4 rings (SSSR count). The number of esters is 1. The number of benzene rings is 3. The molecule has 31 heavy (non-hydrogen) atoms. The lowest BCUT2D eigenvalue weighted by Crippen LogP contribution is -2.48. The fourth-order valence-corrected chi connectivity index (χ4v) is 3.66. The summed E-state index contributed by atoms with van der Waals surface area (Å²) < 4.78 is 5.40. The van der Waals surface area contributed by atoms with E-state index in [0.717, 1.165) is 22.5 Å². The van der Waals surface area contributed by atoms with E-state index in [4.69, 9.17) is 10.5 Å². The maximum absolute atomic E-state index is 13.2. The predicted octanol–water partition coefficient (Wildman–Crippen LogP) is 3.47. The predicted molar refractivity (Wildman–Crippen MR) is 120 cm³/mol. The summed E-state index contributed by atoms with van der Waals surface area (Å²) in [6, 6.07) is 25.2. The maximum atomic E-state index is 13.2. The van der Waals surface area contributed by atoms with Crippen molar-refractivity contribution >= 4 is 23.3 Å². The average Bonchev–Trinajstić information content (AvgIpc) is 2.95. The first-order valence-electron chi connectivity index (χ1n) is 10.3. The summed E-state index contributed by atoms with van der Waals surface area (Å²) in [6.45, 7) is 0.587. The molecule has 6 heteroatoms. The topological polar surface area (TPSA) is 84.7 Å². The van der Waals surface area contributed by atoms with E-state index in [0.29, 0.717) is 6.54 Å². The Hall–Kier alpha value is -3.64. The lowest BCUT2D eigenvalue weighted by Gasteiger charge is -2.23. The van der Waals surface area contributed by atoms with Gasteiger partial charge in [0.2, 0.25) is 5.91 Å². The van der Waals surface area contributed by atoms with Crippen LogP contribution in [0.2, 0.25) is 0 Å². The molecule has 2 atom stereocenters. The summed E-state index contributed by atoms with van der Waals surface area (Å²) in [5.74, 6) is -0.638. The van der Waals surface area contributed by atoms with E-state index in [2.05, 4.69) is 5.32 Å². The fraction of sp³-hybridized carbons (Fsp3) is 0.200. The van der Waals surface area contributed by atoms with Crippen LogP contribution in [0.3, 0.4) is 0 Å². The van der Waals surface area contributed by atoms with Crippen molar-refractivity contribution < 1.29 is 14.3 Å². The zero-order chi connectivity index (χ0) is 21.6. The Labute approximate surface area is 181 Å². The van der Waals surface area contributed by atoms with Crippen LogP contribution < -0.4 is 16.0 Å². The smallest absolute Gasteiger partial charge is 0.325 e. The molecule has 0 saturated heterocycles. The van der Waals surface area contributed by atoms with E-state index < -0.39 is 18.1 Å². The quantitative estimate of drug-likeness (QED) is 0.602. The number of para-hydroxylation sites is 2. The largest absolute Gasteiger partial charge is 0.460 e. The minimum atomic E-state index is -0.975. The molecule has 1 heterocycles. The number of anilines is 2. The highest BCUT2D eigenvalue weighted by atomic mass is 16.5. The van der Waals surface area contributed by atoms with Crippen molar-refractivity contribution in [1.82, 2.24) is 0 Å². The number of hydrogen-bond donors (Lipinski definition) is 2. The molecule has 0 fully saturated rings. The molecule has 0 aromatic heterocycles. The third-order valence-electron chi connectivity index (χ3n) is 5.34. The Bertz CT molecular complexity index is 1040. The van der Waals surface area contributed by atoms with Crippen LogP contribution in [0.25, 0.3) is 0 Å². The number of rotatable bonds is 6. The summed E-state index contributed by atoms with van der Waals surface area (Å²) in [4.78, 5) is 27.5. The lowest BCUT2D eigenvalue weighted by molar-refractivity contribution is -0.147. The number of fused-ring (bicyclic) bond motifs is 1. The molecular formula is C25H25N3O3. The first-order chi connectivity index (χ1) is 15.1. The maximum Gasteiger partial charge on any atom is 0.325 e. The molecular weight excluding hydrogens is 390 g/mol. The van der Waals surface area contributed by atoms with Gasteiger partial charge in [-0.05, 0) is 23.3 Å². The monoisotopic (exact) mass is 415 g/mol. The van der Waals surface area contributed by atoms with Gasteiger partial charge in [0.05, 0.1) is 24.0 Å². The molecule has 6 nitrogen and oxygen atoms in total. The Morgan fingerprint density at radius 3 is 2.29 bits per heavy atom. The SMILES string of the molecule is NC(C(=O)OCc1ccccc1)C1CC(=O)N(Cc2ccccc2)c2ccccc2N1. The number of amides is 1. The molecule has 0 saturated carbocycles. The summed E-state index contributed by atoms with van der Waals surface area (Å²) in [6.07, 6.45) is 0.0864. The van der Waals surface area contributed by atoms with Crippen molar-refractivity contribution in [3.8, 4) is 0 Å². The van der Waals surface area contributed by atoms with Gasteiger partial charge in [0.1, 0.15) is 12.6 Å². The van der Waals surface area contributed by atoms with Gasteiger partial charge in [-0.3, -0.25) is 9.59 Å². The van der Waals surface area contributed by atoms with Crippen LogP contribution in [-0.2, 0) is 27.5 Å². The molecule has 0 bridgehead atoms. The summed E-state index contributed by atoms with van der Waals surface area (Å²) >= 11 is 0. The van der Waals surface area contributed by atoms with Crippen LogP contribution in [0, 0.1) is 0 Å². The van der Waals surface area contributed by atoms with Gasteiger partial charge in [-0.15, -0.1) is 0 Å². The number of ether oxygens (including phenoxy) is 1. The third-order valence-corrected chi connectivity index (χ3v) is 5.34. The van der Waals surface area contributed by atoms with Crippen molar-refractivity contribution in [2.75, 3.05) is 10.2 Å². The first-order valence-corrected chi connectivity index (χ1v) is 10.3. The van der Waals surface area contributed by atoms with E-state index in [-0.39, 0.29) is 18.9 Å². The van der Waals surface area contributed by atoms with Crippen LogP contribution >= 0.6 is 0 Å². The van der Waals surface area contributed by atoms with Crippen LogP contribution in [0.15, 0.2) is 84.9 Å². The number of nitrogens with two attached hydrogens (primary N) is 1. The van der Waals surface area contributed by atoms with Crippen LogP contribution in [0.5, 0.6) is 0 Å². The second-order valence-corrected chi connectivity index (χ2v) is 7.56. The van der Waals surface area contributed by atoms with E-state index in [9.17, 15) is 9.59 Å². The zero-order valence-corrected chi connectivity index (χ0v) is 17.1. The Kier molecular flexibility index (Phi) is 6.29. The highest BCUT2D eigenvalue weighted by molar-refractivity contribution is 5.99. The normalized spacial score (nSPS) is 16.6. The minimum absolute atomic E-state index is 0.0864. The molecule has 3 N–H and O–H groups in total. The molecule has 1 amide bonds. The summed E-state index contributed by atoms with van der Waals surface area (Å²) in [5, 5.41) is 3.30. The molecule has 1 aliphatic heterocycles.